The molecule has 1 fully saturated rings. The molecule has 8 heteroatoms. The van der Waals surface area contributed by atoms with Crippen molar-refractivity contribution in [1.29, 1.82) is 0 Å². The lowest BCUT2D eigenvalue weighted by Crippen LogP contribution is -2.28. The van der Waals surface area contributed by atoms with E-state index in [4.69, 9.17) is 5.73 Å². The summed E-state index contributed by atoms with van der Waals surface area (Å²) in [7, 11) is 0. The molecule has 1 aliphatic heterocycles. The van der Waals surface area contributed by atoms with Crippen LogP contribution in [0, 0.1) is 5.92 Å². The van der Waals surface area contributed by atoms with Gasteiger partial charge in [0, 0.05) is 30.9 Å². The van der Waals surface area contributed by atoms with Crippen LogP contribution in [-0.2, 0) is 9.59 Å². The van der Waals surface area contributed by atoms with Crippen molar-refractivity contribution in [2.24, 2.45) is 11.7 Å². The largest absolute Gasteiger partial charge is 0.369 e. The third kappa shape index (κ3) is 2.25. The minimum Gasteiger partial charge on any atom is -0.369 e. The van der Waals surface area contributed by atoms with Crippen molar-refractivity contribution in [2.45, 2.75) is 6.42 Å². The minimum atomic E-state index is -0.459. The zero-order valence-corrected chi connectivity index (χ0v) is 11.2. The summed E-state index contributed by atoms with van der Waals surface area (Å²) in [6.07, 6.45) is 3.47. The van der Waals surface area contributed by atoms with Gasteiger partial charge in [-0.15, -0.1) is 10.2 Å². The number of anilines is 1. The molecule has 1 atom stereocenters. The van der Waals surface area contributed by atoms with Gasteiger partial charge in [-0.3, -0.25) is 19.5 Å². The average Bonchev–Trinajstić information content (AvgIpc) is 3.06. The Hall–Kier alpha value is -2.35. The number of primary amides is 1. The van der Waals surface area contributed by atoms with Crippen molar-refractivity contribution in [3.05, 3.63) is 24.5 Å². The molecule has 1 aliphatic rings. The molecule has 0 aliphatic carbocycles. The summed E-state index contributed by atoms with van der Waals surface area (Å²) in [5, 5.41) is 9.28. The Morgan fingerprint density at radius 2 is 2.10 bits per heavy atom. The number of carbonyl (C=O) groups excluding carboxylic acids is 2. The number of amides is 2. The molecular formula is C12H11N5O2S. The topological polar surface area (TPSA) is 102 Å². The van der Waals surface area contributed by atoms with E-state index in [0.717, 1.165) is 5.56 Å². The Bertz CT molecular complexity index is 657. The maximum absolute atomic E-state index is 11.9. The first-order valence-electron chi connectivity index (χ1n) is 5.98. The quantitative estimate of drug-likeness (QED) is 0.883. The van der Waals surface area contributed by atoms with Crippen LogP contribution in [0.1, 0.15) is 6.42 Å². The van der Waals surface area contributed by atoms with E-state index in [1.165, 1.54) is 16.2 Å². The van der Waals surface area contributed by atoms with Crippen molar-refractivity contribution < 1.29 is 9.59 Å². The number of aromatic nitrogens is 3. The number of nitrogens with zero attached hydrogens (tertiary/aromatic N) is 4. The number of nitrogens with two attached hydrogens (primary N) is 1. The molecule has 102 valence electrons. The fraction of sp³-hybridized carbons (Fsp3) is 0.250. The molecule has 2 aromatic heterocycles. The Balaban J connectivity index is 1.84. The van der Waals surface area contributed by atoms with Gasteiger partial charge in [0.15, 0.2) is 0 Å². The van der Waals surface area contributed by atoms with E-state index in [-0.39, 0.29) is 18.9 Å². The lowest BCUT2D eigenvalue weighted by Gasteiger charge is -2.10. The molecule has 7 nitrogen and oxygen atoms in total. The van der Waals surface area contributed by atoms with E-state index >= 15 is 0 Å². The average molecular weight is 289 g/mol. The molecular weight excluding hydrogens is 278 g/mol. The van der Waals surface area contributed by atoms with Crippen LogP contribution in [0.3, 0.4) is 0 Å². The predicted molar refractivity (Wildman–Crippen MR) is 72.8 cm³/mol. The molecule has 2 aromatic rings. The Morgan fingerprint density at radius 1 is 1.35 bits per heavy atom. The maximum Gasteiger partial charge on any atom is 0.229 e. The van der Waals surface area contributed by atoms with Crippen molar-refractivity contribution in [2.75, 3.05) is 11.4 Å². The van der Waals surface area contributed by atoms with E-state index in [1.54, 1.807) is 12.4 Å². The first-order valence-corrected chi connectivity index (χ1v) is 6.80. The first kappa shape index (κ1) is 12.7. The molecule has 0 spiro atoms. The maximum atomic E-state index is 11.9. The molecule has 0 saturated carbocycles. The van der Waals surface area contributed by atoms with E-state index in [0.29, 0.717) is 10.1 Å². The van der Waals surface area contributed by atoms with Gasteiger partial charge in [-0.1, -0.05) is 11.3 Å². The second kappa shape index (κ2) is 4.97. The highest BCUT2D eigenvalue weighted by atomic mass is 32.1. The van der Waals surface area contributed by atoms with Crippen molar-refractivity contribution in [3.8, 4) is 10.6 Å². The van der Waals surface area contributed by atoms with Crippen LogP contribution in [0.25, 0.3) is 10.6 Å². The van der Waals surface area contributed by atoms with Gasteiger partial charge < -0.3 is 5.73 Å². The summed E-state index contributed by atoms with van der Waals surface area (Å²) >= 11 is 1.30. The summed E-state index contributed by atoms with van der Waals surface area (Å²) in [4.78, 5) is 28.4. The second-order valence-corrected chi connectivity index (χ2v) is 5.39. The summed E-state index contributed by atoms with van der Waals surface area (Å²) in [6, 6.07) is 3.64. The summed E-state index contributed by atoms with van der Waals surface area (Å²) in [6.45, 7) is 0.277. The minimum absolute atomic E-state index is 0.138. The van der Waals surface area contributed by atoms with E-state index < -0.39 is 11.8 Å². The molecule has 0 bridgehead atoms. The van der Waals surface area contributed by atoms with Crippen LogP contribution in [-0.4, -0.2) is 33.5 Å². The number of rotatable bonds is 3. The van der Waals surface area contributed by atoms with Crippen LogP contribution >= 0.6 is 11.3 Å². The first-order chi connectivity index (χ1) is 9.65. The highest BCUT2D eigenvalue weighted by Crippen LogP contribution is 2.31. The highest BCUT2D eigenvalue weighted by molar-refractivity contribution is 7.18. The SMILES string of the molecule is NC(=O)C1CC(=O)N(c2nnc(-c3ccncc3)s2)C1. The molecule has 20 heavy (non-hydrogen) atoms. The van der Waals surface area contributed by atoms with Crippen LogP contribution in [0.4, 0.5) is 5.13 Å². The third-order valence-electron chi connectivity index (χ3n) is 3.10. The smallest absolute Gasteiger partial charge is 0.229 e. The molecule has 1 unspecified atom stereocenters. The number of pyridine rings is 1. The zero-order chi connectivity index (χ0) is 14.1. The molecule has 3 heterocycles. The second-order valence-electron chi connectivity index (χ2n) is 4.43. The fourth-order valence-corrected chi connectivity index (χ4v) is 2.90. The van der Waals surface area contributed by atoms with Crippen LogP contribution in [0.5, 0.6) is 0 Å². The van der Waals surface area contributed by atoms with Gasteiger partial charge in [-0.05, 0) is 12.1 Å². The number of carbonyl (C=O) groups is 2. The Morgan fingerprint density at radius 3 is 2.75 bits per heavy atom. The van der Waals surface area contributed by atoms with E-state index in [9.17, 15) is 9.59 Å². The van der Waals surface area contributed by atoms with Gasteiger partial charge in [-0.2, -0.15) is 0 Å². The van der Waals surface area contributed by atoms with Crippen molar-refractivity contribution in [3.63, 3.8) is 0 Å². The number of hydrogen-bond acceptors (Lipinski definition) is 6. The van der Waals surface area contributed by atoms with E-state index in [2.05, 4.69) is 15.2 Å². The van der Waals surface area contributed by atoms with Crippen LogP contribution in [0.2, 0.25) is 0 Å². The standard InChI is InChI=1S/C12H11N5O2S/c13-10(19)8-5-9(18)17(6-8)12-16-15-11(20-12)7-1-3-14-4-2-7/h1-4,8H,5-6H2,(H2,13,19). The van der Waals surface area contributed by atoms with Gasteiger partial charge >= 0.3 is 0 Å². The lowest BCUT2D eigenvalue weighted by molar-refractivity contribution is -0.123. The van der Waals surface area contributed by atoms with Gasteiger partial charge in [0.1, 0.15) is 5.01 Å². The molecule has 3 rings (SSSR count). The van der Waals surface area contributed by atoms with Gasteiger partial charge in [0.25, 0.3) is 0 Å². The van der Waals surface area contributed by atoms with Gasteiger partial charge in [-0.25, -0.2) is 0 Å². The summed E-state index contributed by atoms with van der Waals surface area (Å²) in [5.41, 5.74) is 6.13. The summed E-state index contributed by atoms with van der Waals surface area (Å²) in [5.74, 6) is -1.05. The van der Waals surface area contributed by atoms with Crippen molar-refractivity contribution >= 4 is 28.3 Å². The van der Waals surface area contributed by atoms with Gasteiger partial charge in [0.2, 0.25) is 16.9 Å². The van der Waals surface area contributed by atoms with Crippen LogP contribution in [0.15, 0.2) is 24.5 Å². The van der Waals surface area contributed by atoms with Gasteiger partial charge in [0.05, 0.1) is 5.92 Å². The van der Waals surface area contributed by atoms with E-state index in [1.807, 2.05) is 12.1 Å². The summed E-state index contributed by atoms with van der Waals surface area (Å²) < 4.78 is 0. The normalized spacial score (nSPS) is 18.5. The van der Waals surface area contributed by atoms with Crippen molar-refractivity contribution in [1.82, 2.24) is 15.2 Å². The predicted octanol–water partition coefficient (Wildman–Crippen LogP) is 0.438. The Kier molecular flexibility index (Phi) is 3.15. The fourth-order valence-electron chi connectivity index (χ4n) is 2.02. The molecule has 1 saturated heterocycles. The molecule has 2 amide bonds. The lowest BCUT2D eigenvalue weighted by atomic mass is 10.1. The zero-order valence-electron chi connectivity index (χ0n) is 10.4. The molecule has 2 N–H and O–H groups in total. The molecule has 0 aromatic carbocycles. The Labute approximate surface area is 118 Å². The van der Waals surface area contributed by atoms with Crippen LogP contribution < -0.4 is 10.6 Å². The highest BCUT2D eigenvalue weighted by Gasteiger charge is 2.35. The molecule has 0 radical (unpaired) electrons. The monoisotopic (exact) mass is 289 g/mol. The third-order valence-corrected chi connectivity index (χ3v) is 4.10. The number of hydrogen-bond donors (Lipinski definition) is 1.